The van der Waals surface area contributed by atoms with Crippen LogP contribution in [0.4, 0.5) is 17.1 Å². The molecule has 316 valence electrons. The molecule has 3 heteroatoms. The Labute approximate surface area is 393 Å². The normalized spacial score (nSPS) is 15.0. The topological polar surface area (TPSA) is 8.17 Å². The summed E-state index contributed by atoms with van der Waals surface area (Å²) in [4.78, 5) is 5.10. The smallest absolute Gasteiger partial charge is 0.0608 e. The second-order valence-corrected chi connectivity index (χ2v) is 21.1. The van der Waals surface area contributed by atoms with Crippen molar-refractivity contribution in [2.24, 2.45) is 0 Å². The lowest BCUT2D eigenvalue weighted by molar-refractivity contribution is 0.661. The van der Waals surface area contributed by atoms with Crippen molar-refractivity contribution < 1.29 is 0 Å². The average Bonchev–Trinajstić information content (AvgIpc) is 3.90. The van der Waals surface area contributed by atoms with Crippen molar-refractivity contribution in [2.45, 2.75) is 48.3 Å². The summed E-state index contributed by atoms with van der Waals surface area (Å²) >= 11 is 1.91. The van der Waals surface area contributed by atoms with E-state index in [1.807, 2.05) is 11.8 Å². The van der Waals surface area contributed by atoms with E-state index in [9.17, 15) is 0 Å². The standard InChI is InChI=1S/C64H44N2S/c1-63(2)54-34-50-44-23-10-8-21-42(44)41-20-7-9-22-43(41)49(50)33-51(54)52-35-60-58(36-55(52)63)65(57-30-37-16-5-6-17-38(37)31-59(57)67-60)39-18-15-19-40(32-39)66-56-27-14-12-25-46(56)48-29-28-47-45-24-11-13-26-53(45)64(3,4)61(47)62(48)66/h5-36H,1-4H3. The van der Waals surface area contributed by atoms with Crippen LogP contribution >= 0.6 is 11.8 Å². The van der Waals surface area contributed by atoms with Crippen molar-refractivity contribution in [1.29, 1.82) is 0 Å². The molecule has 3 aliphatic rings. The van der Waals surface area contributed by atoms with Crippen LogP contribution in [0.3, 0.4) is 0 Å². The summed E-state index contributed by atoms with van der Waals surface area (Å²) in [7, 11) is 0. The van der Waals surface area contributed by atoms with Crippen molar-refractivity contribution in [3.8, 4) is 27.9 Å². The average molecular weight is 873 g/mol. The molecule has 0 radical (unpaired) electrons. The first-order valence-corrected chi connectivity index (χ1v) is 24.4. The van der Waals surface area contributed by atoms with Gasteiger partial charge in [-0.1, -0.05) is 173 Å². The van der Waals surface area contributed by atoms with Gasteiger partial charge in [-0.25, -0.2) is 0 Å². The predicted molar refractivity (Wildman–Crippen MR) is 285 cm³/mol. The Morgan fingerprint density at radius 1 is 0.358 bits per heavy atom. The van der Waals surface area contributed by atoms with Gasteiger partial charge in [-0.15, -0.1) is 0 Å². The summed E-state index contributed by atoms with van der Waals surface area (Å²) in [5.41, 5.74) is 17.8. The molecule has 0 saturated carbocycles. The maximum absolute atomic E-state index is 2.56. The van der Waals surface area contributed by atoms with E-state index in [0.717, 1.165) is 11.4 Å². The first-order valence-electron chi connectivity index (χ1n) is 23.6. The Morgan fingerprint density at radius 3 is 1.72 bits per heavy atom. The van der Waals surface area contributed by atoms with Gasteiger partial charge in [0, 0.05) is 42.8 Å². The molecular formula is C64H44N2S. The Morgan fingerprint density at radius 2 is 0.940 bits per heavy atom. The molecule has 0 amide bonds. The highest BCUT2D eigenvalue weighted by atomic mass is 32.2. The van der Waals surface area contributed by atoms with Crippen molar-refractivity contribution in [2.75, 3.05) is 4.90 Å². The number of aromatic nitrogens is 1. The molecule has 11 aromatic carbocycles. The molecule has 2 heterocycles. The van der Waals surface area contributed by atoms with Crippen molar-refractivity contribution in [3.63, 3.8) is 0 Å². The van der Waals surface area contributed by atoms with Gasteiger partial charge in [0.15, 0.2) is 0 Å². The second kappa shape index (κ2) is 13.1. The van der Waals surface area contributed by atoms with Crippen LogP contribution in [0.5, 0.6) is 0 Å². The zero-order chi connectivity index (χ0) is 44.5. The van der Waals surface area contributed by atoms with Crippen LogP contribution in [0.25, 0.3) is 92.8 Å². The van der Waals surface area contributed by atoms with E-state index in [1.54, 1.807) is 0 Å². The molecule has 2 nitrogen and oxygen atoms in total. The van der Waals surface area contributed by atoms with E-state index in [4.69, 9.17) is 0 Å². The van der Waals surface area contributed by atoms with Gasteiger partial charge in [-0.2, -0.15) is 0 Å². The van der Waals surface area contributed by atoms with E-state index in [0.29, 0.717) is 0 Å². The molecule has 0 atom stereocenters. The first kappa shape index (κ1) is 37.6. The molecule has 67 heavy (non-hydrogen) atoms. The molecule has 0 spiro atoms. The molecule has 0 N–H and O–H groups in total. The highest BCUT2D eigenvalue weighted by Gasteiger charge is 2.40. The monoisotopic (exact) mass is 872 g/mol. The summed E-state index contributed by atoms with van der Waals surface area (Å²) < 4.78 is 2.56. The third-order valence-electron chi connectivity index (χ3n) is 15.8. The van der Waals surface area contributed by atoms with E-state index < -0.39 is 0 Å². The van der Waals surface area contributed by atoms with E-state index in [2.05, 4.69) is 231 Å². The largest absolute Gasteiger partial charge is 0.309 e. The third-order valence-corrected chi connectivity index (χ3v) is 16.9. The van der Waals surface area contributed by atoms with Gasteiger partial charge >= 0.3 is 0 Å². The minimum Gasteiger partial charge on any atom is -0.309 e. The molecule has 15 rings (SSSR count). The Hall–Kier alpha value is -7.59. The highest BCUT2D eigenvalue weighted by Crippen LogP contribution is 2.59. The highest BCUT2D eigenvalue weighted by molar-refractivity contribution is 7.99. The zero-order valence-corrected chi connectivity index (χ0v) is 38.6. The van der Waals surface area contributed by atoms with Crippen LogP contribution in [-0.2, 0) is 10.8 Å². The van der Waals surface area contributed by atoms with Crippen LogP contribution in [-0.4, -0.2) is 4.57 Å². The number of hydrogen-bond acceptors (Lipinski definition) is 2. The minimum atomic E-state index is -0.226. The lowest BCUT2D eigenvalue weighted by Gasteiger charge is -2.35. The van der Waals surface area contributed by atoms with Crippen LogP contribution in [0, 0.1) is 0 Å². The van der Waals surface area contributed by atoms with Crippen molar-refractivity contribution in [1.82, 2.24) is 4.57 Å². The molecule has 0 bridgehead atoms. The fourth-order valence-electron chi connectivity index (χ4n) is 12.7. The molecule has 2 aliphatic carbocycles. The molecule has 12 aromatic rings. The number of benzene rings is 11. The molecular weight excluding hydrogens is 829 g/mol. The molecule has 0 unspecified atom stereocenters. The molecule has 1 aromatic heterocycles. The third kappa shape index (κ3) is 4.92. The van der Waals surface area contributed by atoms with Gasteiger partial charge in [0.25, 0.3) is 0 Å². The van der Waals surface area contributed by atoms with E-state index in [-0.39, 0.29) is 10.8 Å². The maximum Gasteiger partial charge on any atom is 0.0608 e. The van der Waals surface area contributed by atoms with Gasteiger partial charge < -0.3 is 9.47 Å². The predicted octanol–water partition coefficient (Wildman–Crippen LogP) is 17.9. The number of para-hydroxylation sites is 1. The summed E-state index contributed by atoms with van der Waals surface area (Å²) in [5.74, 6) is 0. The maximum atomic E-state index is 2.56. The molecule has 1 aliphatic heterocycles. The van der Waals surface area contributed by atoms with E-state index in [1.165, 1.54) is 131 Å². The summed E-state index contributed by atoms with van der Waals surface area (Å²) in [6, 6.07) is 73.7. The van der Waals surface area contributed by atoms with Crippen molar-refractivity contribution in [3.05, 3.63) is 216 Å². The second-order valence-electron chi connectivity index (χ2n) is 20.1. The Balaban J connectivity index is 0.972. The van der Waals surface area contributed by atoms with E-state index >= 15 is 0 Å². The van der Waals surface area contributed by atoms with Gasteiger partial charge in [0.1, 0.15) is 0 Å². The summed E-state index contributed by atoms with van der Waals surface area (Å²) in [6.45, 7) is 9.68. The Kier molecular flexibility index (Phi) is 7.33. The number of anilines is 3. The minimum absolute atomic E-state index is 0.172. The van der Waals surface area contributed by atoms with Crippen molar-refractivity contribution >= 4 is 93.7 Å². The quantitative estimate of drug-likeness (QED) is 0.160. The van der Waals surface area contributed by atoms with Crippen LogP contribution in [0.15, 0.2) is 204 Å². The lowest BCUT2D eigenvalue weighted by Crippen LogP contribution is -2.19. The fourth-order valence-corrected chi connectivity index (χ4v) is 13.9. The van der Waals surface area contributed by atoms with Crippen LogP contribution in [0.1, 0.15) is 49.9 Å². The SMILES string of the molecule is CC1(C)c2cc3c(cc2-c2cc4c5ccccc5c5ccccc5c4cc21)Sc1cc2ccccc2cc1N3c1cccc(-n2c3ccccc3c3ccc4c(c32)C(C)(C)c2ccccc2-4)c1. The Bertz CT molecular complexity index is 4200. The molecule has 0 fully saturated rings. The fraction of sp³-hybridized carbons (Fsp3) is 0.0938. The number of nitrogens with zero attached hydrogens (tertiary/aromatic N) is 2. The number of fused-ring (bicyclic) bond motifs is 19. The van der Waals surface area contributed by atoms with Gasteiger partial charge in [0.2, 0.25) is 0 Å². The van der Waals surface area contributed by atoms with Gasteiger partial charge in [-0.05, 0) is 148 Å². The first-order chi connectivity index (χ1) is 32.7. The summed E-state index contributed by atoms with van der Waals surface area (Å²) in [6.07, 6.45) is 0. The van der Waals surface area contributed by atoms with Gasteiger partial charge in [-0.3, -0.25) is 0 Å². The number of hydrogen-bond donors (Lipinski definition) is 0. The van der Waals surface area contributed by atoms with Gasteiger partial charge in [0.05, 0.1) is 22.4 Å². The van der Waals surface area contributed by atoms with Crippen LogP contribution in [0.2, 0.25) is 0 Å². The molecule has 0 saturated heterocycles. The number of rotatable bonds is 2. The lowest BCUT2D eigenvalue weighted by atomic mass is 9.81. The summed E-state index contributed by atoms with van der Waals surface area (Å²) in [5, 5.41) is 13.0. The van der Waals surface area contributed by atoms with Crippen LogP contribution < -0.4 is 4.90 Å². The zero-order valence-electron chi connectivity index (χ0n) is 37.8.